The highest BCUT2D eigenvalue weighted by Gasteiger charge is 2.15. The van der Waals surface area contributed by atoms with Crippen LogP contribution in [0, 0.1) is 11.7 Å². The second-order valence-corrected chi connectivity index (χ2v) is 6.22. The van der Waals surface area contributed by atoms with E-state index in [9.17, 15) is 4.39 Å². The third kappa shape index (κ3) is 4.55. The van der Waals surface area contributed by atoms with E-state index in [2.05, 4.69) is 33.2 Å². The fourth-order valence-corrected chi connectivity index (χ4v) is 2.97. The van der Waals surface area contributed by atoms with E-state index < -0.39 is 0 Å². The van der Waals surface area contributed by atoms with Gasteiger partial charge in [-0.15, -0.1) is 0 Å². The minimum Gasteiger partial charge on any atom is -0.313 e. The molecular formula is C15H22BrFN2. The van der Waals surface area contributed by atoms with Crippen molar-refractivity contribution >= 4 is 15.9 Å². The first-order valence-electron chi connectivity index (χ1n) is 6.99. The third-order valence-corrected chi connectivity index (χ3v) is 4.80. The van der Waals surface area contributed by atoms with Crippen molar-refractivity contribution in [3.8, 4) is 0 Å². The van der Waals surface area contributed by atoms with Gasteiger partial charge in [-0.25, -0.2) is 4.39 Å². The molecule has 0 bridgehead atoms. The Kier molecular flexibility index (Phi) is 5.79. The van der Waals surface area contributed by atoms with E-state index >= 15 is 0 Å². The van der Waals surface area contributed by atoms with Gasteiger partial charge in [0.25, 0.3) is 0 Å². The van der Waals surface area contributed by atoms with Gasteiger partial charge in [0.15, 0.2) is 0 Å². The van der Waals surface area contributed by atoms with E-state index in [-0.39, 0.29) is 5.82 Å². The lowest BCUT2D eigenvalue weighted by Gasteiger charge is -2.28. The molecule has 106 valence electrons. The van der Waals surface area contributed by atoms with Gasteiger partial charge in [-0.2, -0.15) is 0 Å². The summed E-state index contributed by atoms with van der Waals surface area (Å²) >= 11 is 3.29. The van der Waals surface area contributed by atoms with E-state index in [4.69, 9.17) is 0 Å². The quantitative estimate of drug-likeness (QED) is 0.833. The molecule has 2 rings (SSSR count). The van der Waals surface area contributed by atoms with E-state index in [0.29, 0.717) is 4.47 Å². The van der Waals surface area contributed by atoms with Gasteiger partial charge in [0.05, 0.1) is 4.47 Å². The first-order valence-corrected chi connectivity index (χ1v) is 7.78. The highest BCUT2D eigenvalue weighted by Crippen LogP contribution is 2.21. The number of hydrogen-bond acceptors (Lipinski definition) is 2. The lowest BCUT2D eigenvalue weighted by molar-refractivity contribution is 0.211. The lowest BCUT2D eigenvalue weighted by atomic mass is 9.94. The molecule has 1 N–H and O–H groups in total. The molecule has 1 saturated heterocycles. The standard InChI is InChI=1S/C15H22BrFN2/c1-19-9-6-12(7-10-19)5-8-18-11-13-3-2-4-14(17)15(13)16/h2-4,12,18H,5-11H2,1H3. The second kappa shape index (κ2) is 7.36. The average molecular weight is 329 g/mol. The highest BCUT2D eigenvalue weighted by molar-refractivity contribution is 9.10. The average Bonchev–Trinajstić information content (AvgIpc) is 2.41. The number of hydrogen-bond donors (Lipinski definition) is 1. The topological polar surface area (TPSA) is 15.3 Å². The number of piperidine rings is 1. The van der Waals surface area contributed by atoms with Crippen LogP contribution in [0.4, 0.5) is 4.39 Å². The van der Waals surface area contributed by atoms with E-state index in [1.807, 2.05) is 6.07 Å². The predicted octanol–water partition coefficient (Wildman–Crippen LogP) is 3.41. The molecule has 1 aliphatic heterocycles. The molecule has 4 heteroatoms. The van der Waals surface area contributed by atoms with Crippen LogP contribution in [0.3, 0.4) is 0 Å². The van der Waals surface area contributed by atoms with Gasteiger partial charge in [0.2, 0.25) is 0 Å². The van der Waals surface area contributed by atoms with Crippen LogP contribution in [0.25, 0.3) is 0 Å². The monoisotopic (exact) mass is 328 g/mol. The van der Waals surface area contributed by atoms with Gasteiger partial charge in [0, 0.05) is 6.54 Å². The lowest BCUT2D eigenvalue weighted by Crippen LogP contribution is -2.31. The summed E-state index contributed by atoms with van der Waals surface area (Å²) in [4.78, 5) is 2.40. The zero-order valence-electron chi connectivity index (χ0n) is 11.5. The van der Waals surface area contributed by atoms with Crippen LogP contribution >= 0.6 is 15.9 Å². The largest absolute Gasteiger partial charge is 0.313 e. The number of nitrogens with one attached hydrogen (secondary N) is 1. The van der Waals surface area contributed by atoms with Crippen LogP contribution in [0.1, 0.15) is 24.8 Å². The van der Waals surface area contributed by atoms with Crippen molar-refractivity contribution in [2.75, 3.05) is 26.7 Å². The zero-order valence-corrected chi connectivity index (χ0v) is 13.0. The number of rotatable bonds is 5. The second-order valence-electron chi connectivity index (χ2n) is 5.43. The van der Waals surface area contributed by atoms with Gasteiger partial charge < -0.3 is 10.2 Å². The molecule has 19 heavy (non-hydrogen) atoms. The summed E-state index contributed by atoms with van der Waals surface area (Å²) in [5.41, 5.74) is 0.989. The zero-order chi connectivity index (χ0) is 13.7. The molecule has 0 amide bonds. The molecule has 1 aromatic carbocycles. The van der Waals surface area contributed by atoms with Gasteiger partial charge >= 0.3 is 0 Å². The normalized spacial score (nSPS) is 17.8. The molecule has 0 atom stereocenters. The van der Waals surface area contributed by atoms with Gasteiger partial charge in [0.1, 0.15) is 5.82 Å². The molecule has 0 radical (unpaired) electrons. The van der Waals surface area contributed by atoms with Crippen LogP contribution in [0.5, 0.6) is 0 Å². The molecular weight excluding hydrogens is 307 g/mol. The van der Waals surface area contributed by atoms with Crippen molar-refractivity contribution in [2.45, 2.75) is 25.8 Å². The van der Waals surface area contributed by atoms with Crippen LogP contribution in [-0.2, 0) is 6.54 Å². The summed E-state index contributed by atoms with van der Waals surface area (Å²) in [6.45, 7) is 4.18. The first kappa shape index (κ1) is 14.9. The summed E-state index contributed by atoms with van der Waals surface area (Å²) in [5.74, 6) is 0.661. The van der Waals surface area contributed by atoms with Crippen molar-refractivity contribution in [3.05, 3.63) is 34.1 Å². The molecule has 0 unspecified atom stereocenters. The Hall–Kier alpha value is -0.450. The summed E-state index contributed by atoms with van der Waals surface area (Å²) in [6.07, 6.45) is 3.84. The number of likely N-dealkylation sites (tertiary alicyclic amines) is 1. The fourth-order valence-electron chi connectivity index (χ4n) is 2.56. The van der Waals surface area contributed by atoms with Gasteiger partial charge in [-0.3, -0.25) is 0 Å². The Morgan fingerprint density at radius 2 is 2.11 bits per heavy atom. The molecule has 1 heterocycles. The van der Waals surface area contributed by atoms with E-state index in [1.54, 1.807) is 6.07 Å². The van der Waals surface area contributed by atoms with Crippen LogP contribution in [0.15, 0.2) is 22.7 Å². The molecule has 2 nitrogen and oxygen atoms in total. The van der Waals surface area contributed by atoms with Gasteiger partial charge in [-0.05, 0) is 79.4 Å². The summed E-state index contributed by atoms with van der Waals surface area (Å²) in [5, 5.41) is 3.42. The van der Waals surface area contributed by atoms with Crippen molar-refractivity contribution in [1.29, 1.82) is 0 Å². The van der Waals surface area contributed by atoms with Crippen LogP contribution in [0.2, 0.25) is 0 Å². The summed E-state index contributed by atoms with van der Waals surface area (Å²) in [6, 6.07) is 5.19. The maximum Gasteiger partial charge on any atom is 0.137 e. The Labute approximate surface area is 123 Å². The molecule has 1 aromatic rings. The highest BCUT2D eigenvalue weighted by atomic mass is 79.9. The predicted molar refractivity (Wildman–Crippen MR) is 80.6 cm³/mol. The van der Waals surface area contributed by atoms with Crippen molar-refractivity contribution in [1.82, 2.24) is 10.2 Å². The molecule has 0 aromatic heterocycles. The molecule has 0 saturated carbocycles. The maximum atomic E-state index is 13.3. The number of halogens is 2. The SMILES string of the molecule is CN1CCC(CCNCc2cccc(F)c2Br)CC1. The fraction of sp³-hybridized carbons (Fsp3) is 0.600. The van der Waals surface area contributed by atoms with Gasteiger partial charge in [-0.1, -0.05) is 12.1 Å². The Bertz CT molecular complexity index is 403. The van der Waals surface area contributed by atoms with Crippen molar-refractivity contribution in [2.24, 2.45) is 5.92 Å². The maximum absolute atomic E-state index is 13.3. The summed E-state index contributed by atoms with van der Waals surface area (Å²) < 4.78 is 13.9. The van der Waals surface area contributed by atoms with Crippen LogP contribution < -0.4 is 5.32 Å². The summed E-state index contributed by atoms with van der Waals surface area (Å²) in [7, 11) is 2.19. The smallest absolute Gasteiger partial charge is 0.137 e. The van der Waals surface area contributed by atoms with E-state index in [1.165, 1.54) is 38.4 Å². The number of benzene rings is 1. The molecule has 0 aliphatic carbocycles. The first-order chi connectivity index (χ1) is 9.16. The van der Waals surface area contributed by atoms with Crippen molar-refractivity contribution in [3.63, 3.8) is 0 Å². The Morgan fingerprint density at radius 3 is 2.84 bits per heavy atom. The minimum atomic E-state index is -0.186. The molecule has 1 fully saturated rings. The molecule has 0 spiro atoms. The van der Waals surface area contributed by atoms with E-state index in [0.717, 1.165) is 24.6 Å². The minimum absolute atomic E-state index is 0.186. The number of nitrogens with zero attached hydrogens (tertiary/aromatic N) is 1. The van der Waals surface area contributed by atoms with Crippen molar-refractivity contribution < 1.29 is 4.39 Å². The third-order valence-electron chi connectivity index (χ3n) is 3.91. The van der Waals surface area contributed by atoms with Crippen LogP contribution in [-0.4, -0.2) is 31.6 Å². The molecule has 1 aliphatic rings. The Balaban J connectivity index is 1.68. The Morgan fingerprint density at radius 1 is 1.37 bits per heavy atom.